The van der Waals surface area contributed by atoms with Gasteiger partial charge >= 0.3 is 0 Å². The molecule has 6 heteroatoms. The highest BCUT2D eigenvalue weighted by molar-refractivity contribution is 9.10. The van der Waals surface area contributed by atoms with Crippen LogP contribution in [-0.4, -0.2) is 25.5 Å². The minimum atomic E-state index is 0.179. The Morgan fingerprint density at radius 3 is 2.03 bits per heavy atom. The van der Waals surface area contributed by atoms with E-state index in [1.54, 1.807) is 11.8 Å². The van der Waals surface area contributed by atoms with Gasteiger partial charge in [-0.3, -0.25) is 9.47 Å². The standard InChI is InChI=1S/C23H19BrN4S/c24-20-13-11-19(12-14-20)22-25-26-23-28(22)15-27(16-29-23)21(17-7-3-1-4-8-17)18-9-5-2-6-10-18/h1-14,21H,15-16H2. The Morgan fingerprint density at radius 2 is 1.41 bits per heavy atom. The predicted molar refractivity (Wildman–Crippen MR) is 120 cm³/mol. The quantitative estimate of drug-likeness (QED) is 0.382. The van der Waals surface area contributed by atoms with Gasteiger partial charge in [0, 0.05) is 10.0 Å². The molecular formula is C23H19BrN4S. The molecule has 0 radical (unpaired) electrons. The van der Waals surface area contributed by atoms with Crippen molar-refractivity contribution in [3.05, 3.63) is 101 Å². The van der Waals surface area contributed by atoms with E-state index in [9.17, 15) is 0 Å². The molecule has 0 saturated heterocycles. The van der Waals surface area contributed by atoms with Crippen LogP contribution >= 0.6 is 27.7 Å². The summed E-state index contributed by atoms with van der Waals surface area (Å²) >= 11 is 5.25. The topological polar surface area (TPSA) is 34.0 Å². The first-order valence-corrected chi connectivity index (χ1v) is 11.2. The van der Waals surface area contributed by atoms with Crippen LogP contribution in [0.25, 0.3) is 11.4 Å². The third-order valence-electron chi connectivity index (χ3n) is 5.10. The summed E-state index contributed by atoms with van der Waals surface area (Å²) in [5, 5.41) is 9.89. The average molecular weight is 463 g/mol. The number of fused-ring (bicyclic) bond motifs is 1. The van der Waals surface area contributed by atoms with E-state index in [1.807, 2.05) is 12.1 Å². The van der Waals surface area contributed by atoms with Gasteiger partial charge in [0.05, 0.1) is 18.6 Å². The van der Waals surface area contributed by atoms with Crippen LogP contribution in [0.3, 0.4) is 0 Å². The smallest absolute Gasteiger partial charge is 0.193 e. The van der Waals surface area contributed by atoms with Crippen molar-refractivity contribution >= 4 is 27.7 Å². The zero-order chi connectivity index (χ0) is 19.6. The van der Waals surface area contributed by atoms with Gasteiger partial charge in [-0.2, -0.15) is 0 Å². The van der Waals surface area contributed by atoms with Crippen molar-refractivity contribution in [2.24, 2.45) is 0 Å². The lowest BCUT2D eigenvalue weighted by molar-refractivity contribution is 0.195. The highest BCUT2D eigenvalue weighted by atomic mass is 79.9. The molecule has 4 nitrogen and oxygen atoms in total. The minimum Gasteiger partial charge on any atom is -0.288 e. The van der Waals surface area contributed by atoms with Crippen molar-refractivity contribution in [2.75, 3.05) is 5.88 Å². The Bertz CT molecular complexity index is 1060. The average Bonchev–Trinajstić information content (AvgIpc) is 3.19. The molecule has 0 aliphatic carbocycles. The van der Waals surface area contributed by atoms with Gasteiger partial charge in [-0.05, 0) is 23.3 Å². The monoisotopic (exact) mass is 462 g/mol. The first-order chi connectivity index (χ1) is 14.3. The number of rotatable bonds is 4. The summed E-state index contributed by atoms with van der Waals surface area (Å²) < 4.78 is 3.28. The third-order valence-corrected chi connectivity index (χ3v) is 6.65. The maximum absolute atomic E-state index is 4.49. The van der Waals surface area contributed by atoms with E-state index in [4.69, 9.17) is 0 Å². The molecule has 1 aliphatic rings. The fourth-order valence-corrected chi connectivity index (χ4v) is 4.91. The lowest BCUT2D eigenvalue weighted by atomic mass is 9.98. The van der Waals surface area contributed by atoms with Crippen molar-refractivity contribution in [3.63, 3.8) is 0 Å². The van der Waals surface area contributed by atoms with Crippen LogP contribution in [0.5, 0.6) is 0 Å². The van der Waals surface area contributed by atoms with Gasteiger partial charge in [0.1, 0.15) is 0 Å². The number of thioether (sulfide) groups is 1. The largest absolute Gasteiger partial charge is 0.288 e. The van der Waals surface area contributed by atoms with Crippen LogP contribution in [0.4, 0.5) is 0 Å². The van der Waals surface area contributed by atoms with Crippen LogP contribution in [0.1, 0.15) is 17.2 Å². The highest BCUT2D eigenvalue weighted by Gasteiger charge is 2.29. The molecule has 0 fully saturated rings. The maximum atomic E-state index is 4.49. The van der Waals surface area contributed by atoms with Gasteiger partial charge in [0.2, 0.25) is 0 Å². The highest BCUT2D eigenvalue weighted by Crippen LogP contribution is 2.36. The molecule has 4 aromatic rings. The summed E-state index contributed by atoms with van der Waals surface area (Å²) in [6, 6.07) is 29.8. The number of halogens is 1. The van der Waals surface area contributed by atoms with Gasteiger partial charge in [0.25, 0.3) is 0 Å². The molecule has 29 heavy (non-hydrogen) atoms. The van der Waals surface area contributed by atoms with E-state index < -0.39 is 0 Å². The Morgan fingerprint density at radius 1 is 0.793 bits per heavy atom. The van der Waals surface area contributed by atoms with Crippen LogP contribution in [0.2, 0.25) is 0 Å². The van der Waals surface area contributed by atoms with Crippen molar-refractivity contribution < 1.29 is 0 Å². The van der Waals surface area contributed by atoms with Crippen molar-refractivity contribution in [1.82, 2.24) is 19.7 Å². The molecule has 3 aromatic carbocycles. The lowest BCUT2D eigenvalue weighted by Gasteiger charge is -2.35. The number of nitrogens with zero attached hydrogens (tertiary/aromatic N) is 4. The Labute approximate surface area is 182 Å². The first-order valence-electron chi connectivity index (χ1n) is 9.45. The van der Waals surface area contributed by atoms with Crippen LogP contribution in [-0.2, 0) is 6.67 Å². The Hall–Kier alpha value is -2.41. The second kappa shape index (κ2) is 8.14. The molecule has 1 aliphatic heterocycles. The molecule has 0 unspecified atom stereocenters. The summed E-state index contributed by atoms with van der Waals surface area (Å²) in [6.07, 6.45) is 0. The number of aromatic nitrogens is 3. The maximum Gasteiger partial charge on any atom is 0.193 e. The number of hydrogen-bond acceptors (Lipinski definition) is 4. The van der Waals surface area contributed by atoms with E-state index in [0.717, 1.165) is 33.6 Å². The lowest BCUT2D eigenvalue weighted by Crippen LogP contribution is -2.34. The summed E-state index contributed by atoms with van der Waals surface area (Å²) in [5.74, 6) is 1.77. The number of benzene rings is 3. The molecule has 144 valence electrons. The van der Waals surface area contributed by atoms with E-state index in [2.05, 4.69) is 108 Å². The van der Waals surface area contributed by atoms with Gasteiger partial charge in [-0.1, -0.05) is 100 Å². The molecule has 5 rings (SSSR count). The summed E-state index contributed by atoms with van der Waals surface area (Å²) in [6.45, 7) is 0.745. The number of hydrogen-bond donors (Lipinski definition) is 0. The van der Waals surface area contributed by atoms with Crippen molar-refractivity contribution in [3.8, 4) is 11.4 Å². The second-order valence-corrected chi connectivity index (χ2v) is 8.80. The van der Waals surface area contributed by atoms with E-state index in [-0.39, 0.29) is 6.04 Å². The second-order valence-electron chi connectivity index (χ2n) is 6.97. The van der Waals surface area contributed by atoms with Gasteiger partial charge in [0.15, 0.2) is 11.0 Å². The minimum absolute atomic E-state index is 0.179. The van der Waals surface area contributed by atoms with Gasteiger partial charge in [-0.25, -0.2) is 0 Å². The molecule has 0 spiro atoms. The fourth-order valence-electron chi connectivity index (χ4n) is 3.74. The first kappa shape index (κ1) is 18.6. The SMILES string of the molecule is Brc1ccc(-c2nnc3n2CN(C(c2ccccc2)c2ccccc2)CS3)cc1. The molecule has 0 amide bonds. The van der Waals surface area contributed by atoms with Gasteiger partial charge in [-0.15, -0.1) is 10.2 Å². The van der Waals surface area contributed by atoms with Crippen molar-refractivity contribution in [1.29, 1.82) is 0 Å². The van der Waals surface area contributed by atoms with Crippen LogP contribution in [0, 0.1) is 0 Å². The molecular weight excluding hydrogens is 444 g/mol. The van der Waals surface area contributed by atoms with E-state index in [1.165, 1.54) is 11.1 Å². The normalized spacial score (nSPS) is 14.1. The zero-order valence-corrected chi connectivity index (χ0v) is 18.1. The molecule has 0 saturated carbocycles. The van der Waals surface area contributed by atoms with E-state index in [0.29, 0.717) is 0 Å². The molecule has 0 N–H and O–H groups in total. The van der Waals surface area contributed by atoms with Crippen molar-refractivity contribution in [2.45, 2.75) is 17.9 Å². The summed E-state index contributed by atoms with van der Waals surface area (Å²) in [4.78, 5) is 2.48. The summed E-state index contributed by atoms with van der Waals surface area (Å²) in [7, 11) is 0. The molecule has 2 heterocycles. The molecule has 1 aromatic heterocycles. The Kier molecular flexibility index (Phi) is 5.23. The molecule has 0 atom stereocenters. The fraction of sp³-hybridized carbons (Fsp3) is 0.130. The zero-order valence-electron chi connectivity index (χ0n) is 15.6. The molecule has 0 bridgehead atoms. The summed E-state index contributed by atoms with van der Waals surface area (Å²) in [5.41, 5.74) is 3.66. The third kappa shape index (κ3) is 3.75. The van der Waals surface area contributed by atoms with Gasteiger partial charge < -0.3 is 0 Å². The Balaban J connectivity index is 1.53. The predicted octanol–water partition coefficient (Wildman–Crippen LogP) is 5.82. The van der Waals surface area contributed by atoms with Crippen LogP contribution < -0.4 is 0 Å². The van der Waals surface area contributed by atoms with Crippen LogP contribution in [0.15, 0.2) is 94.6 Å². The van der Waals surface area contributed by atoms with E-state index >= 15 is 0 Å².